The van der Waals surface area contributed by atoms with Crippen molar-refractivity contribution < 1.29 is 0 Å². The molecule has 124 valence electrons. The number of aliphatic imine (C=N–C) groups is 1. The molecule has 0 fully saturated rings. The number of guanidine groups is 1. The zero-order valence-electron chi connectivity index (χ0n) is 15.0. The Morgan fingerprint density at radius 2 is 1.86 bits per heavy atom. The Kier molecular flexibility index (Phi) is 7.39. The molecule has 0 aliphatic heterocycles. The molecule has 1 rings (SSSR count). The average molecular weight is 304 g/mol. The van der Waals surface area contributed by atoms with Gasteiger partial charge < -0.3 is 15.5 Å². The molecule has 0 spiro atoms. The second kappa shape index (κ2) is 8.79. The van der Waals surface area contributed by atoms with Crippen LogP contribution in [-0.4, -0.2) is 44.6 Å². The normalized spacial score (nSPS) is 12.6. The van der Waals surface area contributed by atoms with E-state index in [0.717, 1.165) is 25.6 Å². The van der Waals surface area contributed by atoms with E-state index in [9.17, 15) is 0 Å². The molecule has 4 nitrogen and oxygen atoms in total. The van der Waals surface area contributed by atoms with Gasteiger partial charge >= 0.3 is 0 Å². The van der Waals surface area contributed by atoms with Crippen molar-refractivity contribution in [1.82, 2.24) is 15.5 Å². The molecule has 2 N–H and O–H groups in total. The van der Waals surface area contributed by atoms with Crippen molar-refractivity contribution in [3.05, 3.63) is 35.4 Å². The topological polar surface area (TPSA) is 39.7 Å². The van der Waals surface area contributed by atoms with Crippen molar-refractivity contribution in [1.29, 1.82) is 0 Å². The van der Waals surface area contributed by atoms with Gasteiger partial charge in [0, 0.05) is 19.6 Å². The summed E-state index contributed by atoms with van der Waals surface area (Å²) in [5, 5.41) is 6.79. The molecule has 0 bridgehead atoms. The van der Waals surface area contributed by atoms with Crippen LogP contribution in [-0.2, 0) is 6.54 Å². The maximum Gasteiger partial charge on any atom is 0.191 e. The van der Waals surface area contributed by atoms with E-state index in [1.165, 1.54) is 11.1 Å². The van der Waals surface area contributed by atoms with Gasteiger partial charge in [-0.05, 0) is 44.5 Å². The minimum atomic E-state index is 0.197. The van der Waals surface area contributed by atoms with Crippen LogP contribution in [0.15, 0.2) is 29.3 Å². The highest BCUT2D eigenvalue weighted by Gasteiger charge is 2.19. The lowest BCUT2D eigenvalue weighted by atomic mass is 9.93. The van der Waals surface area contributed by atoms with Gasteiger partial charge in [-0.15, -0.1) is 0 Å². The molecule has 0 atom stereocenters. The Labute approximate surface area is 136 Å². The third kappa shape index (κ3) is 6.94. The van der Waals surface area contributed by atoms with Gasteiger partial charge in [0.25, 0.3) is 0 Å². The highest BCUT2D eigenvalue weighted by molar-refractivity contribution is 5.79. The minimum Gasteiger partial charge on any atom is -0.357 e. The Morgan fingerprint density at radius 3 is 2.45 bits per heavy atom. The first-order valence-corrected chi connectivity index (χ1v) is 8.05. The Bertz CT molecular complexity index is 478. The van der Waals surface area contributed by atoms with Gasteiger partial charge in [0.1, 0.15) is 0 Å². The molecule has 22 heavy (non-hydrogen) atoms. The van der Waals surface area contributed by atoms with E-state index >= 15 is 0 Å². The number of aryl methyl sites for hydroxylation is 1. The van der Waals surface area contributed by atoms with Crippen LogP contribution >= 0.6 is 0 Å². The van der Waals surface area contributed by atoms with E-state index in [-0.39, 0.29) is 5.41 Å². The average Bonchev–Trinajstić information content (AvgIpc) is 2.42. The third-order valence-corrected chi connectivity index (χ3v) is 3.49. The van der Waals surface area contributed by atoms with Crippen molar-refractivity contribution in [2.45, 2.75) is 34.2 Å². The maximum atomic E-state index is 4.71. The van der Waals surface area contributed by atoms with E-state index in [2.05, 4.69) is 81.6 Å². The quantitative estimate of drug-likeness (QED) is 0.601. The summed E-state index contributed by atoms with van der Waals surface area (Å²) in [7, 11) is 4.22. The molecule has 0 aliphatic carbocycles. The smallest absolute Gasteiger partial charge is 0.191 e. The molecular weight excluding hydrogens is 272 g/mol. The van der Waals surface area contributed by atoms with Gasteiger partial charge in [-0.3, -0.25) is 0 Å². The van der Waals surface area contributed by atoms with Gasteiger partial charge in [-0.1, -0.05) is 38.1 Å². The fourth-order valence-corrected chi connectivity index (χ4v) is 2.53. The van der Waals surface area contributed by atoms with Gasteiger partial charge in [0.2, 0.25) is 0 Å². The summed E-state index contributed by atoms with van der Waals surface area (Å²) in [5.74, 6) is 0.887. The van der Waals surface area contributed by atoms with Gasteiger partial charge in [-0.2, -0.15) is 0 Å². The molecule has 0 amide bonds. The van der Waals surface area contributed by atoms with E-state index in [1.54, 1.807) is 0 Å². The van der Waals surface area contributed by atoms with Crippen LogP contribution in [0.2, 0.25) is 0 Å². The lowest BCUT2D eigenvalue weighted by Gasteiger charge is -2.29. The molecule has 0 aliphatic rings. The Morgan fingerprint density at radius 1 is 1.18 bits per heavy atom. The number of hydrogen-bond acceptors (Lipinski definition) is 2. The third-order valence-electron chi connectivity index (χ3n) is 3.49. The van der Waals surface area contributed by atoms with Crippen LogP contribution in [0, 0.1) is 12.3 Å². The first-order valence-electron chi connectivity index (χ1n) is 8.05. The van der Waals surface area contributed by atoms with Crippen LogP contribution in [0.3, 0.4) is 0 Å². The zero-order valence-corrected chi connectivity index (χ0v) is 15.0. The van der Waals surface area contributed by atoms with Gasteiger partial charge in [-0.25, -0.2) is 4.99 Å². The first-order chi connectivity index (χ1) is 10.3. The van der Waals surface area contributed by atoms with Crippen molar-refractivity contribution in [3.8, 4) is 0 Å². The lowest BCUT2D eigenvalue weighted by Crippen LogP contribution is -2.44. The summed E-state index contributed by atoms with van der Waals surface area (Å²) in [6.45, 7) is 12.3. The number of rotatable bonds is 7. The molecule has 1 aromatic carbocycles. The standard InChI is InChI=1S/C18H32N4/c1-7-19-17(21-13-18(3,4)14-22(5)6)20-12-16-11-9-8-10-15(16)2/h8-11H,7,12-14H2,1-6H3,(H2,19,20,21). The summed E-state index contributed by atoms with van der Waals surface area (Å²) in [6, 6.07) is 8.40. The predicted molar refractivity (Wildman–Crippen MR) is 96.3 cm³/mol. The second-order valence-corrected chi connectivity index (χ2v) is 6.88. The number of hydrogen-bond donors (Lipinski definition) is 2. The molecule has 0 aromatic heterocycles. The van der Waals surface area contributed by atoms with Crippen LogP contribution < -0.4 is 10.6 Å². The largest absolute Gasteiger partial charge is 0.357 e. The number of nitrogens with one attached hydrogen (secondary N) is 2. The summed E-state index contributed by atoms with van der Waals surface area (Å²) in [4.78, 5) is 6.93. The predicted octanol–water partition coefficient (Wildman–Crippen LogP) is 2.64. The van der Waals surface area contributed by atoms with Crippen molar-refractivity contribution in [2.75, 3.05) is 33.7 Å². The highest BCUT2D eigenvalue weighted by atomic mass is 15.2. The fraction of sp³-hybridized carbons (Fsp3) is 0.611. The summed E-state index contributed by atoms with van der Waals surface area (Å²) in [5.41, 5.74) is 2.75. The first kappa shape index (κ1) is 18.5. The van der Waals surface area contributed by atoms with Crippen LogP contribution in [0.4, 0.5) is 0 Å². The lowest BCUT2D eigenvalue weighted by molar-refractivity contribution is 0.241. The summed E-state index contributed by atoms with van der Waals surface area (Å²) < 4.78 is 0. The van der Waals surface area contributed by atoms with Crippen LogP contribution in [0.1, 0.15) is 31.9 Å². The molecule has 0 radical (unpaired) electrons. The summed E-state index contributed by atoms with van der Waals surface area (Å²) >= 11 is 0. The molecule has 0 heterocycles. The molecule has 1 aromatic rings. The SMILES string of the molecule is CCNC(=NCc1ccccc1C)NCC(C)(C)CN(C)C. The number of benzene rings is 1. The van der Waals surface area contributed by atoms with Gasteiger partial charge in [0.05, 0.1) is 6.54 Å². The molecule has 0 saturated carbocycles. The van der Waals surface area contributed by atoms with Crippen molar-refractivity contribution in [2.24, 2.45) is 10.4 Å². The Hall–Kier alpha value is -1.55. The molecular formula is C18H32N4. The van der Waals surface area contributed by atoms with Crippen LogP contribution in [0.25, 0.3) is 0 Å². The number of nitrogens with zero attached hydrogens (tertiary/aromatic N) is 2. The highest BCUT2D eigenvalue weighted by Crippen LogP contribution is 2.14. The van der Waals surface area contributed by atoms with E-state index < -0.39 is 0 Å². The van der Waals surface area contributed by atoms with E-state index in [4.69, 9.17) is 4.99 Å². The zero-order chi connectivity index (χ0) is 16.6. The second-order valence-electron chi connectivity index (χ2n) is 6.88. The van der Waals surface area contributed by atoms with Crippen molar-refractivity contribution >= 4 is 5.96 Å². The Balaban J connectivity index is 2.65. The van der Waals surface area contributed by atoms with E-state index in [0.29, 0.717) is 6.54 Å². The van der Waals surface area contributed by atoms with Crippen molar-refractivity contribution in [3.63, 3.8) is 0 Å². The van der Waals surface area contributed by atoms with E-state index in [1.807, 2.05) is 0 Å². The maximum absolute atomic E-state index is 4.71. The van der Waals surface area contributed by atoms with Crippen LogP contribution in [0.5, 0.6) is 0 Å². The molecule has 4 heteroatoms. The monoisotopic (exact) mass is 304 g/mol. The van der Waals surface area contributed by atoms with Gasteiger partial charge in [0.15, 0.2) is 5.96 Å². The molecule has 0 saturated heterocycles. The minimum absolute atomic E-state index is 0.197. The fourth-order valence-electron chi connectivity index (χ4n) is 2.53. The summed E-state index contributed by atoms with van der Waals surface area (Å²) in [6.07, 6.45) is 0. The molecule has 0 unspecified atom stereocenters.